The first-order chi connectivity index (χ1) is 9.83. The number of nitrogens with zero attached hydrogens (tertiary/aromatic N) is 3. The summed E-state index contributed by atoms with van der Waals surface area (Å²) in [4.78, 5) is 0. The fourth-order valence-corrected chi connectivity index (χ4v) is 1.75. The van der Waals surface area contributed by atoms with Crippen LogP contribution in [-0.2, 0) is 0 Å². The van der Waals surface area contributed by atoms with Crippen molar-refractivity contribution in [2.75, 3.05) is 5.42 Å². The molecule has 1 N–H and O–H groups in total. The fraction of sp³-hybridized carbons (Fsp3) is 0. The Kier molecular flexibility index (Phi) is 2.83. The largest absolute Gasteiger partial charge is 0.302 e. The molecule has 2 aromatic rings. The summed E-state index contributed by atoms with van der Waals surface area (Å²) in [6.07, 6.45) is 16.8. The summed E-state index contributed by atoms with van der Waals surface area (Å²) in [7, 11) is 0. The van der Waals surface area contributed by atoms with Gasteiger partial charge in [0.15, 0.2) is 1.41 Å². The zero-order chi connectivity index (χ0) is 13.8. The Morgan fingerprint density at radius 1 is 1.11 bits per heavy atom. The molecule has 0 fully saturated rings. The van der Waals surface area contributed by atoms with Gasteiger partial charge in [-0.3, -0.25) is 4.68 Å². The first-order valence-corrected chi connectivity index (χ1v) is 6.02. The van der Waals surface area contributed by atoms with Crippen molar-refractivity contribution in [2.45, 2.75) is 0 Å². The number of hydrogen-bond donors (Lipinski definition) is 1. The monoisotopic (exact) mass is 251 g/mol. The standard InChI is InChI=1S/C15H14N4/c1-2-9-18(8-1)16-12-14-6-5-7-15(14)13-17-19-10-3-4-11-19/h1-13,16H/b14-12-,17-13+/i/hD. The Labute approximate surface area is 113 Å². The first-order valence-electron chi connectivity index (χ1n) is 6.47. The molecule has 0 radical (unpaired) electrons. The minimum absolute atomic E-state index is 0.949. The highest BCUT2D eigenvalue weighted by Crippen LogP contribution is 2.15. The minimum Gasteiger partial charge on any atom is -0.302 e. The molecule has 0 amide bonds. The third-order valence-corrected chi connectivity index (χ3v) is 2.72. The normalized spacial score (nSPS) is 17.2. The summed E-state index contributed by atoms with van der Waals surface area (Å²) < 4.78 is 11.4. The maximum Gasteiger partial charge on any atom is 0.188 e. The second-order valence-electron chi connectivity index (χ2n) is 4.05. The molecule has 0 saturated heterocycles. The van der Waals surface area contributed by atoms with Crippen molar-refractivity contribution < 1.29 is 1.41 Å². The van der Waals surface area contributed by atoms with Gasteiger partial charge in [-0.15, -0.1) is 0 Å². The van der Waals surface area contributed by atoms with Crippen molar-refractivity contribution in [2.24, 2.45) is 5.10 Å². The summed E-state index contributed by atoms with van der Waals surface area (Å²) in [6.45, 7) is 0. The molecule has 2 heterocycles. The highest BCUT2D eigenvalue weighted by atomic mass is 15.4. The van der Waals surface area contributed by atoms with Gasteiger partial charge in [0, 0.05) is 42.1 Å². The van der Waals surface area contributed by atoms with Gasteiger partial charge in [0.1, 0.15) is 0 Å². The molecular formula is C15H14N4. The summed E-state index contributed by atoms with van der Waals surface area (Å²) in [5.41, 5.74) is 3.20. The van der Waals surface area contributed by atoms with Gasteiger partial charge in [0.2, 0.25) is 0 Å². The molecule has 94 valence electrons. The van der Waals surface area contributed by atoms with E-state index in [9.17, 15) is 0 Å². The van der Waals surface area contributed by atoms with Gasteiger partial charge in [0.25, 0.3) is 0 Å². The number of rotatable bonds is 4. The molecule has 3 rings (SSSR count). The van der Waals surface area contributed by atoms with E-state index in [-0.39, 0.29) is 0 Å². The molecule has 0 unspecified atom stereocenters. The highest BCUT2D eigenvalue weighted by molar-refractivity contribution is 5.88. The number of hydrogen-bond acceptors (Lipinski definition) is 2. The summed E-state index contributed by atoms with van der Waals surface area (Å²) >= 11 is 0. The van der Waals surface area contributed by atoms with E-state index in [0.717, 1.165) is 11.1 Å². The topological polar surface area (TPSA) is 34.2 Å². The van der Waals surface area contributed by atoms with Crippen molar-refractivity contribution in [3.8, 4) is 0 Å². The maximum absolute atomic E-state index is 7.97. The predicted octanol–water partition coefficient (Wildman–Crippen LogP) is 2.75. The van der Waals surface area contributed by atoms with Crippen LogP contribution in [0.3, 0.4) is 0 Å². The zero-order valence-corrected chi connectivity index (χ0v) is 10.3. The van der Waals surface area contributed by atoms with Gasteiger partial charge in [-0.05, 0) is 24.3 Å². The van der Waals surface area contributed by atoms with E-state index in [1.54, 1.807) is 21.8 Å². The number of aromatic nitrogens is 2. The molecule has 0 atom stereocenters. The molecule has 4 heteroatoms. The van der Waals surface area contributed by atoms with Crippen LogP contribution >= 0.6 is 0 Å². The smallest absolute Gasteiger partial charge is 0.188 e. The van der Waals surface area contributed by atoms with Crippen LogP contribution < -0.4 is 5.42 Å². The van der Waals surface area contributed by atoms with E-state index in [0.29, 0.717) is 0 Å². The van der Waals surface area contributed by atoms with E-state index in [4.69, 9.17) is 1.41 Å². The summed E-state index contributed by atoms with van der Waals surface area (Å²) in [5, 5.41) is 4.32. The van der Waals surface area contributed by atoms with E-state index >= 15 is 0 Å². The average molecular weight is 251 g/mol. The second-order valence-corrected chi connectivity index (χ2v) is 4.05. The van der Waals surface area contributed by atoms with Crippen molar-refractivity contribution in [3.63, 3.8) is 0 Å². The van der Waals surface area contributed by atoms with Crippen molar-refractivity contribution >= 4 is 6.21 Å². The molecule has 0 bridgehead atoms. The summed E-state index contributed by atoms with van der Waals surface area (Å²) in [5.74, 6) is 0. The van der Waals surface area contributed by atoms with Gasteiger partial charge >= 0.3 is 0 Å². The maximum atomic E-state index is 7.97. The molecule has 0 saturated carbocycles. The zero-order valence-electron chi connectivity index (χ0n) is 11.3. The van der Waals surface area contributed by atoms with Crippen LogP contribution in [0.1, 0.15) is 0 Å². The van der Waals surface area contributed by atoms with Crippen LogP contribution in [0.15, 0.2) is 89.7 Å². The molecule has 0 aromatic carbocycles. The Balaban J connectivity index is 1.76. The molecule has 2 aromatic heterocycles. The van der Waals surface area contributed by atoms with Crippen molar-refractivity contribution in [1.29, 1.82) is 0 Å². The predicted molar refractivity (Wildman–Crippen MR) is 77.4 cm³/mol. The number of allylic oxidation sites excluding steroid dienone is 5. The third-order valence-electron chi connectivity index (χ3n) is 2.72. The summed E-state index contributed by atoms with van der Waals surface area (Å²) in [6, 6.07) is 7.61. The molecule has 0 spiro atoms. The Morgan fingerprint density at radius 2 is 1.84 bits per heavy atom. The third kappa shape index (κ3) is 2.74. The lowest BCUT2D eigenvalue weighted by molar-refractivity contribution is 0.894. The highest BCUT2D eigenvalue weighted by Gasteiger charge is 2.03. The SMILES string of the molecule is [2H]N(/C=C1/C=CC=C1/C=N/n1cccc1)n1cccc1. The van der Waals surface area contributed by atoms with Crippen LogP contribution in [0.25, 0.3) is 0 Å². The fourth-order valence-electron chi connectivity index (χ4n) is 1.75. The molecule has 1 aliphatic rings. The lowest BCUT2D eigenvalue weighted by Crippen LogP contribution is -2.05. The van der Waals surface area contributed by atoms with Crippen LogP contribution in [0.4, 0.5) is 0 Å². The molecule has 1 aliphatic carbocycles. The molecule has 4 nitrogen and oxygen atoms in total. The Hall–Kier alpha value is -2.75. The van der Waals surface area contributed by atoms with E-state index in [2.05, 4.69) is 5.10 Å². The molecular weight excluding hydrogens is 236 g/mol. The Morgan fingerprint density at radius 3 is 2.63 bits per heavy atom. The van der Waals surface area contributed by atoms with Crippen LogP contribution in [-0.4, -0.2) is 15.6 Å². The lowest BCUT2D eigenvalue weighted by atomic mass is 10.2. The van der Waals surface area contributed by atoms with Gasteiger partial charge in [-0.1, -0.05) is 18.2 Å². The lowest BCUT2D eigenvalue weighted by Gasteiger charge is -2.04. The van der Waals surface area contributed by atoms with Gasteiger partial charge in [-0.2, -0.15) is 5.10 Å². The van der Waals surface area contributed by atoms with Gasteiger partial charge < -0.3 is 5.42 Å². The van der Waals surface area contributed by atoms with Gasteiger partial charge in [0.05, 0.1) is 6.21 Å². The van der Waals surface area contributed by atoms with Gasteiger partial charge in [-0.25, -0.2) is 4.68 Å². The molecule has 19 heavy (non-hydrogen) atoms. The number of nitrogens with one attached hydrogen (secondary N) is 1. The quantitative estimate of drug-likeness (QED) is 0.833. The van der Waals surface area contributed by atoms with E-state index in [1.165, 1.54) is 5.42 Å². The second kappa shape index (κ2) is 5.27. The van der Waals surface area contributed by atoms with Crippen LogP contribution in [0.2, 0.25) is 1.41 Å². The van der Waals surface area contributed by atoms with Crippen LogP contribution in [0, 0.1) is 0 Å². The first kappa shape index (κ1) is 10.2. The van der Waals surface area contributed by atoms with E-state index < -0.39 is 0 Å². The average Bonchev–Trinajstić information content (AvgIpc) is 3.19. The van der Waals surface area contributed by atoms with Crippen molar-refractivity contribution in [3.05, 3.63) is 84.6 Å². The van der Waals surface area contributed by atoms with E-state index in [1.807, 2.05) is 67.3 Å². The minimum atomic E-state index is 0.949. The molecule has 0 aliphatic heterocycles. The van der Waals surface area contributed by atoms with Crippen LogP contribution in [0.5, 0.6) is 0 Å². The van der Waals surface area contributed by atoms with Crippen molar-refractivity contribution in [1.82, 2.24) is 9.35 Å². The Bertz CT molecular complexity index is 676.